The molecule has 1 heterocycles. The van der Waals surface area contributed by atoms with Crippen LogP contribution in [0.4, 0.5) is 0 Å². The minimum absolute atomic E-state index is 0.0469. The first-order valence-electron chi connectivity index (χ1n) is 8.00. The number of nitrogens with zero attached hydrogens (tertiary/aromatic N) is 1. The summed E-state index contributed by atoms with van der Waals surface area (Å²) in [5, 5.41) is 1.35. The Hall–Kier alpha value is -2.88. The van der Waals surface area contributed by atoms with Crippen LogP contribution in [0, 0.1) is 5.92 Å². The largest absolute Gasteiger partial charge is 0.366 e. The lowest BCUT2D eigenvalue weighted by Gasteiger charge is -2.15. The molecule has 0 aliphatic carbocycles. The Balaban J connectivity index is 2.37. The maximum Gasteiger partial charge on any atom is 0.258 e. The predicted molar refractivity (Wildman–Crippen MR) is 97.0 cm³/mol. The third-order valence-corrected chi connectivity index (χ3v) is 4.02. The van der Waals surface area contributed by atoms with Crippen molar-refractivity contribution in [2.75, 3.05) is 0 Å². The van der Waals surface area contributed by atoms with Crippen LogP contribution in [0.3, 0.4) is 0 Å². The van der Waals surface area contributed by atoms with E-state index in [1.165, 1.54) is 0 Å². The van der Waals surface area contributed by atoms with Crippen LogP contribution in [-0.4, -0.2) is 10.5 Å². The Morgan fingerprint density at radius 3 is 2.42 bits per heavy atom. The van der Waals surface area contributed by atoms with Gasteiger partial charge in [-0.2, -0.15) is 0 Å². The first kappa shape index (κ1) is 16.0. The molecule has 4 heteroatoms. The van der Waals surface area contributed by atoms with E-state index in [-0.39, 0.29) is 5.56 Å². The number of rotatable bonds is 4. The third-order valence-electron chi connectivity index (χ3n) is 4.02. The van der Waals surface area contributed by atoms with E-state index < -0.39 is 5.91 Å². The second-order valence-electron chi connectivity index (χ2n) is 6.38. The van der Waals surface area contributed by atoms with Gasteiger partial charge in [0.15, 0.2) is 0 Å². The molecule has 0 saturated carbocycles. The lowest BCUT2D eigenvalue weighted by Crippen LogP contribution is -2.23. The average molecular weight is 320 g/mol. The van der Waals surface area contributed by atoms with E-state index >= 15 is 0 Å². The van der Waals surface area contributed by atoms with Gasteiger partial charge in [-0.15, -0.1) is 0 Å². The fraction of sp³-hybridized carbons (Fsp3) is 0.200. The zero-order valence-corrected chi connectivity index (χ0v) is 13.8. The second kappa shape index (κ2) is 6.32. The van der Waals surface area contributed by atoms with Crippen molar-refractivity contribution in [1.82, 2.24) is 4.57 Å². The highest BCUT2D eigenvalue weighted by Gasteiger charge is 2.13. The lowest BCUT2D eigenvalue weighted by atomic mass is 9.98. The maximum atomic E-state index is 12.8. The van der Waals surface area contributed by atoms with Crippen molar-refractivity contribution < 1.29 is 4.79 Å². The number of nitrogens with two attached hydrogens (primary N) is 1. The Morgan fingerprint density at radius 1 is 1.08 bits per heavy atom. The molecule has 0 spiro atoms. The molecule has 0 radical (unpaired) electrons. The van der Waals surface area contributed by atoms with Gasteiger partial charge in [0.1, 0.15) is 0 Å². The van der Waals surface area contributed by atoms with E-state index in [9.17, 15) is 9.59 Å². The molecule has 1 aromatic heterocycles. The predicted octanol–water partition coefficient (Wildman–Crippen LogP) is 3.42. The van der Waals surface area contributed by atoms with Gasteiger partial charge < -0.3 is 10.3 Å². The Kier molecular flexibility index (Phi) is 4.21. The molecule has 0 aliphatic rings. The summed E-state index contributed by atoms with van der Waals surface area (Å²) >= 11 is 0. The number of carbonyl (C=O) groups excluding carboxylic acids is 1. The number of primary amides is 1. The van der Waals surface area contributed by atoms with E-state index in [4.69, 9.17) is 5.73 Å². The van der Waals surface area contributed by atoms with E-state index in [2.05, 4.69) is 13.8 Å². The van der Waals surface area contributed by atoms with Gasteiger partial charge in [0.05, 0.1) is 0 Å². The highest BCUT2D eigenvalue weighted by Crippen LogP contribution is 2.27. The summed E-state index contributed by atoms with van der Waals surface area (Å²) in [6, 6.07) is 14.9. The molecule has 3 rings (SSSR count). The van der Waals surface area contributed by atoms with Crippen LogP contribution in [0.5, 0.6) is 0 Å². The number of pyridine rings is 1. The van der Waals surface area contributed by atoms with Gasteiger partial charge in [0, 0.05) is 29.3 Å². The van der Waals surface area contributed by atoms with Crippen LogP contribution in [0.15, 0.2) is 59.5 Å². The van der Waals surface area contributed by atoms with Crippen molar-refractivity contribution >= 4 is 16.7 Å². The van der Waals surface area contributed by atoms with Crippen LogP contribution in [0.25, 0.3) is 21.9 Å². The molecule has 24 heavy (non-hydrogen) atoms. The molecule has 2 aromatic carbocycles. The molecule has 0 bridgehead atoms. The highest BCUT2D eigenvalue weighted by atomic mass is 16.1. The zero-order valence-electron chi connectivity index (χ0n) is 13.8. The molecule has 0 unspecified atom stereocenters. The van der Waals surface area contributed by atoms with Gasteiger partial charge in [-0.3, -0.25) is 9.59 Å². The zero-order chi connectivity index (χ0) is 17.3. The monoisotopic (exact) mass is 320 g/mol. The summed E-state index contributed by atoms with van der Waals surface area (Å²) in [5.74, 6) is -0.143. The van der Waals surface area contributed by atoms with Crippen molar-refractivity contribution in [3.63, 3.8) is 0 Å². The number of fused-ring (bicyclic) bond motifs is 1. The van der Waals surface area contributed by atoms with Gasteiger partial charge in [-0.1, -0.05) is 44.2 Å². The maximum absolute atomic E-state index is 12.8. The summed E-state index contributed by atoms with van der Waals surface area (Å²) in [4.78, 5) is 24.3. The molecular formula is C20H20N2O2. The van der Waals surface area contributed by atoms with Crippen molar-refractivity contribution in [1.29, 1.82) is 0 Å². The van der Waals surface area contributed by atoms with Crippen LogP contribution < -0.4 is 11.3 Å². The summed E-state index contributed by atoms with van der Waals surface area (Å²) < 4.78 is 1.75. The smallest absolute Gasteiger partial charge is 0.258 e. The lowest BCUT2D eigenvalue weighted by molar-refractivity contribution is 0.100. The van der Waals surface area contributed by atoms with Gasteiger partial charge in [0.25, 0.3) is 5.56 Å². The normalized spacial score (nSPS) is 11.1. The first-order valence-corrected chi connectivity index (χ1v) is 8.00. The number of benzene rings is 2. The molecule has 2 N–H and O–H groups in total. The topological polar surface area (TPSA) is 65.1 Å². The number of amides is 1. The number of hydrogen-bond donors (Lipinski definition) is 1. The van der Waals surface area contributed by atoms with E-state index in [0.29, 0.717) is 23.4 Å². The summed E-state index contributed by atoms with van der Waals surface area (Å²) in [7, 11) is 0. The van der Waals surface area contributed by atoms with Crippen molar-refractivity contribution in [3.05, 3.63) is 70.6 Å². The summed E-state index contributed by atoms with van der Waals surface area (Å²) in [5.41, 5.74) is 7.69. The number of carbonyl (C=O) groups is 1. The van der Waals surface area contributed by atoms with E-state index in [0.717, 1.165) is 16.5 Å². The fourth-order valence-corrected chi connectivity index (χ4v) is 2.92. The molecule has 1 amide bonds. The average Bonchev–Trinajstić information content (AvgIpc) is 2.57. The molecule has 122 valence electrons. The molecule has 4 nitrogen and oxygen atoms in total. The number of aromatic nitrogens is 1. The number of hydrogen-bond acceptors (Lipinski definition) is 2. The standard InChI is InChI=1S/C20H20N2O2/c1-13(2)11-22-12-18(14-6-4-3-5-7-14)17-10-15(19(21)23)8-9-16(17)20(22)24/h3-10,12-13H,11H2,1-2H3,(H2,21,23). The van der Waals surface area contributed by atoms with Crippen LogP contribution in [-0.2, 0) is 6.54 Å². The minimum Gasteiger partial charge on any atom is -0.366 e. The Labute approximate surface area is 140 Å². The first-order chi connectivity index (χ1) is 11.5. The molecule has 0 saturated heterocycles. The quantitative estimate of drug-likeness (QED) is 0.800. The van der Waals surface area contributed by atoms with Gasteiger partial charge in [0.2, 0.25) is 5.91 Å². The van der Waals surface area contributed by atoms with Crippen molar-refractivity contribution in [3.8, 4) is 11.1 Å². The molecule has 0 atom stereocenters. The minimum atomic E-state index is -0.498. The Bertz CT molecular complexity index is 957. The second-order valence-corrected chi connectivity index (χ2v) is 6.38. The molecule has 3 aromatic rings. The van der Waals surface area contributed by atoms with Crippen molar-refractivity contribution in [2.24, 2.45) is 11.7 Å². The van der Waals surface area contributed by atoms with E-state index in [1.54, 1.807) is 22.8 Å². The van der Waals surface area contributed by atoms with E-state index in [1.807, 2.05) is 36.5 Å². The van der Waals surface area contributed by atoms with Crippen LogP contribution in [0.2, 0.25) is 0 Å². The van der Waals surface area contributed by atoms with Crippen LogP contribution >= 0.6 is 0 Å². The summed E-state index contributed by atoms with van der Waals surface area (Å²) in [6.07, 6.45) is 1.88. The fourth-order valence-electron chi connectivity index (χ4n) is 2.92. The van der Waals surface area contributed by atoms with Crippen LogP contribution in [0.1, 0.15) is 24.2 Å². The highest BCUT2D eigenvalue weighted by molar-refractivity contribution is 6.02. The van der Waals surface area contributed by atoms with Gasteiger partial charge in [-0.25, -0.2) is 0 Å². The van der Waals surface area contributed by atoms with Gasteiger partial charge >= 0.3 is 0 Å². The molecular weight excluding hydrogens is 300 g/mol. The summed E-state index contributed by atoms with van der Waals surface area (Å²) in [6.45, 7) is 4.80. The molecule has 0 aliphatic heterocycles. The van der Waals surface area contributed by atoms with Crippen molar-refractivity contribution in [2.45, 2.75) is 20.4 Å². The SMILES string of the molecule is CC(C)Cn1cc(-c2ccccc2)c2cc(C(N)=O)ccc2c1=O. The van der Waals surface area contributed by atoms with Gasteiger partial charge in [-0.05, 0) is 35.1 Å². The third kappa shape index (κ3) is 2.95. The molecule has 0 fully saturated rings. The Morgan fingerprint density at radius 2 is 1.79 bits per heavy atom.